The highest BCUT2D eigenvalue weighted by atomic mass is 16.7. The first-order valence-corrected chi connectivity index (χ1v) is 4.21. The van der Waals surface area contributed by atoms with Crippen molar-refractivity contribution < 1.29 is 19.8 Å². The van der Waals surface area contributed by atoms with E-state index in [0.717, 1.165) is 0 Å². The molecule has 0 fully saturated rings. The number of carbonyl (C=O) groups excluding carboxylic acids is 1. The first kappa shape index (κ1) is 13.7. The van der Waals surface area contributed by atoms with Crippen molar-refractivity contribution in [3.8, 4) is 0 Å². The third kappa shape index (κ3) is 6.23. The lowest BCUT2D eigenvalue weighted by Gasteiger charge is -2.10. The second-order valence-corrected chi connectivity index (χ2v) is 2.61. The average Bonchev–Trinajstić information content (AvgIpc) is 2.16. The molecule has 0 atom stereocenters. The largest absolute Gasteiger partial charge is 0.466 e. The Labute approximate surface area is 90.1 Å². The Balaban J connectivity index is 4.06. The van der Waals surface area contributed by atoms with Crippen molar-refractivity contribution in [2.45, 2.75) is 13.3 Å². The molecule has 0 heterocycles. The second kappa shape index (κ2) is 7.09. The minimum Gasteiger partial charge on any atom is -0.466 e. The molecule has 0 aromatic carbocycles. The van der Waals surface area contributed by atoms with Gasteiger partial charge in [0.05, 0.1) is 18.4 Å². The van der Waals surface area contributed by atoms with E-state index in [0.29, 0.717) is 5.01 Å². The molecule has 0 unspecified atom stereocenters. The van der Waals surface area contributed by atoms with E-state index in [4.69, 9.17) is 10.9 Å². The number of guanidine groups is 1. The van der Waals surface area contributed by atoms with Gasteiger partial charge in [0.25, 0.3) is 5.96 Å². The van der Waals surface area contributed by atoms with Gasteiger partial charge >= 0.3 is 11.0 Å². The first-order chi connectivity index (χ1) is 7.47. The van der Waals surface area contributed by atoms with E-state index >= 15 is 0 Å². The van der Waals surface area contributed by atoms with Gasteiger partial charge in [-0.25, -0.2) is 5.21 Å². The van der Waals surface area contributed by atoms with Gasteiger partial charge in [-0.2, -0.15) is 5.01 Å². The van der Waals surface area contributed by atoms with Crippen LogP contribution in [0.4, 0.5) is 0 Å². The summed E-state index contributed by atoms with van der Waals surface area (Å²) in [7, 11) is 0. The Kier molecular flexibility index (Phi) is 6.09. The molecule has 0 aliphatic heterocycles. The van der Waals surface area contributed by atoms with Gasteiger partial charge in [-0.05, 0) is 0 Å². The van der Waals surface area contributed by atoms with Crippen molar-refractivity contribution in [1.29, 1.82) is 0 Å². The molecule has 90 valence electrons. The van der Waals surface area contributed by atoms with Gasteiger partial charge in [-0.1, -0.05) is 0 Å². The fourth-order valence-corrected chi connectivity index (χ4v) is 0.767. The molecule has 3 N–H and O–H groups in total. The fraction of sp³-hybridized carbons (Fsp3) is 0.667. The van der Waals surface area contributed by atoms with Crippen LogP contribution < -0.4 is 5.73 Å². The van der Waals surface area contributed by atoms with Gasteiger partial charge in [0.1, 0.15) is 10.0 Å². The van der Waals surface area contributed by atoms with E-state index in [2.05, 4.69) is 15.1 Å². The van der Waals surface area contributed by atoms with Gasteiger partial charge in [0, 0.05) is 13.3 Å². The van der Waals surface area contributed by atoms with Crippen LogP contribution in [-0.4, -0.2) is 40.3 Å². The smallest absolute Gasteiger partial charge is 0.391 e. The highest BCUT2D eigenvalue weighted by molar-refractivity contribution is 5.76. The Morgan fingerprint density at radius 2 is 2.25 bits per heavy atom. The zero-order valence-electron chi connectivity index (χ0n) is 8.57. The molecule has 0 radical (unpaired) electrons. The lowest BCUT2D eigenvalue weighted by molar-refractivity contribution is -0.796. The number of rotatable bonds is 6. The molecule has 16 heavy (non-hydrogen) atoms. The van der Waals surface area contributed by atoms with Gasteiger partial charge < -0.3 is 10.5 Å². The third-order valence-corrected chi connectivity index (χ3v) is 1.37. The molecule has 0 rings (SSSR count). The maximum Gasteiger partial charge on any atom is 0.391 e. The molecular weight excluding hydrogens is 222 g/mol. The van der Waals surface area contributed by atoms with Crippen molar-refractivity contribution in [2.75, 3.05) is 13.2 Å². The van der Waals surface area contributed by atoms with Crippen LogP contribution in [0.15, 0.2) is 10.4 Å². The van der Waals surface area contributed by atoms with Crippen LogP contribution in [0.3, 0.4) is 0 Å². The zero-order chi connectivity index (χ0) is 12.6. The minimum atomic E-state index is -0.792. The van der Waals surface area contributed by atoms with Crippen LogP contribution in [-0.2, 0) is 9.53 Å². The van der Waals surface area contributed by atoms with E-state index < -0.39 is 17.0 Å². The number of nitrogens with zero attached hydrogens (tertiary/aromatic N) is 4. The fourth-order valence-electron chi connectivity index (χ4n) is 0.767. The quantitative estimate of drug-likeness (QED) is 0.155. The van der Waals surface area contributed by atoms with Crippen LogP contribution in [0.5, 0.6) is 0 Å². The maximum absolute atomic E-state index is 10.4. The number of nitrogens with two attached hydrogens (primary N) is 1. The van der Waals surface area contributed by atoms with Crippen molar-refractivity contribution in [2.24, 2.45) is 16.1 Å². The molecular formula is C6H12N5O5+. The van der Waals surface area contributed by atoms with Gasteiger partial charge in [0.2, 0.25) is 0 Å². The Morgan fingerprint density at radius 3 is 2.69 bits per heavy atom. The zero-order valence-corrected chi connectivity index (χ0v) is 8.57. The maximum atomic E-state index is 10.4. The topological polar surface area (TPSA) is 138 Å². The Hall–Kier alpha value is -2.26. The molecule has 0 spiro atoms. The average molecular weight is 234 g/mol. The number of esters is 1. The minimum absolute atomic E-state index is 0.0000463. The normalized spacial score (nSPS) is 10.7. The number of hydrazone groups is 1. The van der Waals surface area contributed by atoms with E-state index in [-0.39, 0.29) is 19.6 Å². The molecule has 0 saturated heterocycles. The Morgan fingerprint density at radius 1 is 1.62 bits per heavy atom. The van der Waals surface area contributed by atoms with Crippen LogP contribution in [0.2, 0.25) is 0 Å². The van der Waals surface area contributed by atoms with Crippen LogP contribution in [0.25, 0.3) is 0 Å². The lowest BCUT2D eigenvalue weighted by Crippen LogP contribution is -2.35. The second-order valence-electron chi connectivity index (χ2n) is 2.61. The number of nitroso groups, excluding NO2 is 1. The molecule has 0 saturated carbocycles. The van der Waals surface area contributed by atoms with Crippen molar-refractivity contribution in [3.05, 3.63) is 9.81 Å². The number of carbonyl (C=O) groups is 1. The molecule has 0 aromatic rings. The van der Waals surface area contributed by atoms with Crippen LogP contribution in [0.1, 0.15) is 13.3 Å². The summed E-state index contributed by atoms with van der Waals surface area (Å²) in [6, 6.07) is 0. The third-order valence-electron chi connectivity index (χ3n) is 1.37. The molecule has 10 nitrogen and oxygen atoms in total. The van der Waals surface area contributed by atoms with Gasteiger partial charge in [0.15, 0.2) is 0 Å². The predicted molar refractivity (Wildman–Crippen MR) is 50.8 cm³/mol. The molecule has 0 aliphatic carbocycles. The van der Waals surface area contributed by atoms with Crippen LogP contribution >= 0.6 is 0 Å². The molecule has 0 aromatic heterocycles. The van der Waals surface area contributed by atoms with Gasteiger partial charge in [-0.3, -0.25) is 4.79 Å². The summed E-state index contributed by atoms with van der Waals surface area (Å²) < 4.78 is 4.59. The SMILES string of the molecule is CC(=O)OCCCN(N=O)/C(N)=N/[N+](=O)O. The summed E-state index contributed by atoms with van der Waals surface area (Å²) in [5.74, 6) is -1.01. The lowest BCUT2D eigenvalue weighted by atomic mass is 10.4. The molecule has 0 amide bonds. The predicted octanol–water partition coefficient (Wildman–Crippen LogP) is -0.679. The summed E-state index contributed by atoms with van der Waals surface area (Å²) in [5.41, 5.74) is 5.14. The molecule has 10 heteroatoms. The van der Waals surface area contributed by atoms with Crippen molar-refractivity contribution in [3.63, 3.8) is 0 Å². The van der Waals surface area contributed by atoms with Crippen LogP contribution in [0, 0.1) is 9.81 Å². The number of ether oxygens (including phenoxy) is 1. The standard InChI is InChI=1S/C6H12N5O5/c1-5(12)16-4-2-3-10(9-13)6(7)8-11(14)15/h2-4H2,1H3,(H2,7,8)(H,14,15)/q+1. The van der Waals surface area contributed by atoms with Crippen molar-refractivity contribution in [1.82, 2.24) is 5.01 Å². The van der Waals surface area contributed by atoms with E-state index in [9.17, 15) is 14.6 Å². The molecule has 0 bridgehead atoms. The monoisotopic (exact) mass is 234 g/mol. The summed E-state index contributed by atoms with van der Waals surface area (Å²) in [6.45, 7) is 1.32. The van der Waals surface area contributed by atoms with E-state index in [1.807, 2.05) is 0 Å². The number of hydrogen-bond donors (Lipinski definition) is 2. The van der Waals surface area contributed by atoms with Crippen molar-refractivity contribution >= 4 is 11.9 Å². The molecule has 0 aliphatic rings. The summed E-state index contributed by atoms with van der Waals surface area (Å²) in [5, 5.41) is 13.3. The Bertz CT molecular complexity index is 304. The summed E-state index contributed by atoms with van der Waals surface area (Å²) in [6.07, 6.45) is 0.270. The number of hydrogen-bond acceptors (Lipinski definition) is 5. The van der Waals surface area contributed by atoms with E-state index in [1.54, 1.807) is 0 Å². The van der Waals surface area contributed by atoms with E-state index in [1.165, 1.54) is 6.92 Å². The highest BCUT2D eigenvalue weighted by Gasteiger charge is 2.14. The highest BCUT2D eigenvalue weighted by Crippen LogP contribution is 1.93. The first-order valence-electron chi connectivity index (χ1n) is 4.21. The summed E-state index contributed by atoms with van der Waals surface area (Å²) >= 11 is 0. The summed E-state index contributed by atoms with van der Waals surface area (Å²) in [4.78, 5) is 30.7. The van der Waals surface area contributed by atoms with Gasteiger partial charge in [-0.15, -0.1) is 4.91 Å².